The molecule has 1 spiro atoms. The van der Waals surface area contributed by atoms with Gasteiger partial charge < -0.3 is 20.4 Å². The van der Waals surface area contributed by atoms with Crippen molar-refractivity contribution in [1.82, 2.24) is 9.97 Å². The third-order valence-corrected chi connectivity index (χ3v) is 7.17. The highest BCUT2D eigenvalue weighted by Crippen LogP contribution is 2.45. The number of aromatic nitrogens is 2. The number of nitrogens with one attached hydrogen (secondary N) is 3. The maximum absolute atomic E-state index is 13.6. The molecule has 4 aromatic rings. The highest BCUT2D eigenvalue weighted by Gasteiger charge is 2.48. The lowest BCUT2D eigenvalue weighted by molar-refractivity contribution is -0.120. The molecule has 1 saturated carbocycles. The third-order valence-electron chi connectivity index (χ3n) is 6.85. The predicted molar refractivity (Wildman–Crippen MR) is 135 cm³/mol. The third kappa shape index (κ3) is 3.56. The molecule has 0 unspecified atom stereocenters. The van der Waals surface area contributed by atoms with Crippen molar-refractivity contribution in [3.8, 4) is 17.6 Å². The van der Waals surface area contributed by atoms with Gasteiger partial charge in [0.05, 0.1) is 39.6 Å². The van der Waals surface area contributed by atoms with Crippen LogP contribution in [0.3, 0.4) is 0 Å². The molecule has 3 heterocycles. The normalized spacial score (nSPS) is 20.4. The van der Waals surface area contributed by atoms with Crippen LogP contribution in [-0.4, -0.2) is 27.2 Å². The Kier molecular flexibility index (Phi) is 5.16. The van der Waals surface area contributed by atoms with Gasteiger partial charge in [-0.3, -0.25) is 9.59 Å². The molecule has 2 atom stereocenters. The van der Waals surface area contributed by atoms with Crippen LogP contribution in [0, 0.1) is 17.2 Å². The van der Waals surface area contributed by atoms with E-state index < -0.39 is 5.54 Å². The molecule has 1 amide bonds. The molecule has 2 aliphatic rings. The Morgan fingerprint density at radius 1 is 1.17 bits per heavy atom. The Bertz CT molecular complexity index is 1580. The largest absolute Gasteiger partial charge is 0.457 e. The lowest BCUT2D eigenvalue weighted by Crippen LogP contribution is -2.50. The van der Waals surface area contributed by atoms with Crippen molar-refractivity contribution in [2.24, 2.45) is 5.92 Å². The van der Waals surface area contributed by atoms with Crippen molar-refractivity contribution in [1.29, 1.82) is 5.26 Å². The summed E-state index contributed by atoms with van der Waals surface area (Å²) >= 11 is 6.52. The van der Waals surface area contributed by atoms with E-state index in [1.54, 1.807) is 30.6 Å². The number of H-pyrrole nitrogens is 1. The molecule has 9 heteroatoms. The van der Waals surface area contributed by atoms with Gasteiger partial charge in [0.2, 0.25) is 5.91 Å². The number of fused-ring (bicyclic) bond motifs is 3. The molecular weight excluding hydrogens is 478 g/mol. The number of nitrogens with zero attached hydrogens (tertiary/aromatic N) is 2. The molecular formula is C27H20ClN5O3. The second-order valence-corrected chi connectivity index (χ2v) is 9.50. The van der Waals surface area contributed by atoms with Gasteiger partial charge in [0.15, 0.2) is 5.78 Å². The van der Waals surface area contributed by atoms with E-state index in [1.807, 2.05) is 30.3 Å². The summed E-state index contributed by atoms with van der Waals surface area (Å²) in [5.41, 5.74) is 1.41. The average Bonchev–Trinajstić information content (AvgIpc) is 3.51. The van der Waals surface area contributed by atoms with Gasteiger partial charge in [0.25, 0.3) is 0 Å². The van der Waals surface area contributed by atoms with E-state index in [2.05, 4.69) is 26.7 Å². The van der Waals surface area contributed by atoms with E-state index >= 15 is 0 Å². The maximum Gasteiger partial charge on any atom is 0.250 e. The number of nitriles is 1. The molecule has 8 nitrogen and oxygen atoms in total. The lowest BCUT2D eigenvalue weighted by Gasteiger charge is -2.36. The predicted octanol–water partition coefficient (Wildman–Crippen LogP) is 5.67. The van der Waals surface area contributed by atoms with Gasteiger partial charge in [0, 0.05) is 23.7 Å². The summed E-state index contributed by atoms with van der Waals surface area (Å²) in [4.78, 5) is 34.0. The molecule has 1 aliphatic carbocycles. The molecule has 0 saturated heterocycles. The van der Waals surface area contributed by atoms with Crippen LogP contribution in [0.5, 0.6) is 11.5 Å². The Hall–Kier alpha value is -4.35. The molecule has 1 aliphatic heterocycles. The van der Waals surface area contributed by atoms with Gasteiger partial charge >= 0.3 is 0 Å². The van der Waals surface area contributed by atoms with Crippen LogP contribution >= 0.6 is 11.6 Å². The summed E-state index contributed by atoms with van der Waals surface area (Å²) in [5, 5.41) is 16.5. The number of aromatic amines is 1. The Morgan fingerprint density at radius 3 is 2.75 bits per heavy atom. The van der Waals surface area contributed by atoms with Gasteiger partial charge in [-0.25, -0.2) is 4.98 Å². The summed E-state index contributed by atoms with van der Waals surface area (Å²) < 4.78 is 5.83. The van der Waals surface area contributed by atoms with Crippen LogP contribution in [0.4, 0.5) is 11.4 Å². The molecule has 0 bridgehead atoms. The number of carbonyl (C=O) groups is 2. The highest BCUT2D eigenvalue weighted by molar-refractivity contribution is 6.36. The summed E-state index contributed by atoms with van der Waals surface area (Å²) in [6.45, 7) is 0. The fraction of sp³-hybridized carbons (Fsp3) is 0.185. The smallest absolute Gasteiger partial charge is 0.250 e. The first-order valence-corrected chi connectivity index (χ1v) is 11.9. The van der Waals surface area contributed by atoms with Gasteiger partial charge in [-0.2, -0.15) is 5.26 Å². The minimum absolute atomic E-state index is 0.186. The maximum atomic E-state index is 13.6. The van der Waals surface area contributed by atoms with Gasteiger partial charge in [-0.05, 0) is 43.5 Å². The lowest BCUT2D eigenvalue weighted by atomic mass is 9.91. The molecule has 2 aromatic carbocycles. The van der Waals surface area contributed by atoms with Crippen LogP contribution in [0.15, 0.2) is 60.9 Å². The number of para-hydroxylation sites is 1. The first kappa shape index (κ1) is 22.1. The summed E-state index contributed by atoms with van der Waals surface area (Å²) in [5.74, 6) is 0.496. The number of anilines is 2. The van der Waals surface area contributed by atoms with Crippen LogP contribution in [0.25, 0.3) is 11.0 Å². The van der Waals surface area contributed by atoms with E-state index in [1.165, 1.54) is 0 Å². The van der Waals surface area contributed by atoms with E-state index in [4.69, 9.17) is 16.3 Å². The molecule has 1 fully saturated rings. The number of hydrogen-bond donors (Lipinski definition) is 3. The number of benzene rings is 2. The second-order valence-electron chi connectivity index (χ2n) is 9.09. The number of carbonyl (C=O) groups excluding carboxylic acids is 2. The minimum Gasteiger partial charge on any atom is -0.457 e. The first-order chi connectivity index (χ1) is 17.5. The number of ether oxygens (including phenoxy) is 1. The number of pyridine rings is 1. The van der Waals surface area contributed by atoms with E-state index in [0.29, 0.717) is 64.3 Å². The number of ketones is 1. The van der Waals surface area contributed by atoms with Crippen LogP contribution < -0.4 is 15.4 Å². The minimum atomic E-state index is -0.895. The number of halogens is 1. The van der Waals surface area contributed by atoms with Gasteiger partial charge in [-0.1, -0.05) is 29.8 Å². The summed E-state index contributed by atoms with van der Waals surface area (Å²) in [7, 11) is 0. The zero-order valence-corrected chi connectivity index (χ0v) is 19.7. The molecule has 178 valence electrons. The molecule has 0 radical (unpaired) electrons. The van der Waals surface area contributed by atoms with Crippen molar-refractivity contribution in [2.75, 3.05) is 10.6 Å². The van der Waals surface area contributed by atoms with Crippen molar-refractivity contribution in [3.63, 3.8) is 0 Å². The fourth-order valence-electron chi connectivity index (χ4n) is 5.03. The van der Waals surface area contributed by atoms with Gasteiger partial charge in [-0.15, -0.1) is 0 Å². The average molecular weight is 498 g/mol. The van der Waals surface area contributed by atoms with Crippen LogP contribution in [-0.2, 0) is 4.79 Å². The molecule has 36 heavy (non-hydrogen) atoms. The number of rotatable bonds is 4. The monoisotopic (exact) mass is 497 g/mol. The highest BCUT2D eigenvalue weighted by atomic mass is 35.5. The van der Waals surface area contributed by atoms with E-state index in [-0.39, 0.29) is 22.6 Å². The van der Waals surface area contributed by atoms with Gasteiger partial charge in [0.1, 0.15) is 22.7 Å². The van der Waals surface area contributed by atoms with Crippen molar-refractivity contribution >= 4 is 45.7 Å². The van der Waals surface area contributed by atoms with E-state index in [0.717, 1.165) is 0 Å². The number of hydrogen-bond acceptors (Lipinski definition) is 6. The molecule has 3 N–H and O–H groups in total. The molecule has 6 rings (SSSR count). The standard InChI is InChI=1S/C27H20ClN5O3/c28-20-10-17(36-16-4-2-1-3-5-16)6-7-18(20)24(34)19-13-30-25-22(19)23-21(14-31-25)32-26(35)27(33-23)9-8-15(11-27)12-29/h1-7,10,13-15,33H,8-9,11H2,(H,30,31)(H,32,35)/t15-,27-/m0/s1. The summed E-state index contributed by atoms with van der Waals surface area (Å²) in [6, 6.07) is 16.5. The number of amides is 1. The van der Waals surface area contributed by atoms with Crippen LogP contribution in [0.2, 0.25) is 5.02 Å². The SMILES string of the molecule is N#C[C@H]1CC[C@@]2(C1)Nc1c(cnc3[nH]cc(C(=O)c4ccc(Oc5ccccc5)cc4Cl)c13)NC2=O. The zero-order valence-electron chi connectivity index (χ0n) is 19.0. The molecule has 2 aromatic heterocycles. The quantitative estimate of drug-likeness (QED) is 0.313. The Morgan fingerprint density at radius 2 is 2.00 bits per heavy atom. The summed E-state index contributed by atoms with van der Waals surface area (Å²) in [6.07, 6.45) is 4.72. The Labute approximate surface area is 211 Å². The topological polar surface area (TPSA) is 120 Å². The Balaban J connectivity index is 1.37. The van der Waals surface area contributed by atoms with E-state index in [9.17, 15) is 14.9 Å². The van der Waals surface area contributed by atoms with Crippen LogP contribution in [0.1, 0.15) is 35.2 Å². The van der Waals surface area contributed by atoms with Crippen molar-refractivity contribution in [3.05, 3.63) is 77.1 Å². The zero-order chi connectivity index (χ0) is 24.9. The first-order valence-electron chi connectivity index (χ1n) is 11.5. The second kappa shape index (κ2) is 8.40. The fourth-order valence-corrected chi connectivity index (χ4v) is 5.28. The van der Waals surface area contributed by atoms with Crippen molar-refractivity contribution in [2.45, 2.75) is 24.8 Å². The van der Waals surface area contributed by atoms with Crippen molar-refractivity contribution < 1.29 is 14.3 Å².